The first kappa shape index (κ1) is 17.6. The SMILES string of the molecule is Cc1sc2nc(SCC(=O)Nc3ccccc3F)n(C)c(=O)c2c1C. The summed E-state index contributed by atoms with van der Waals surface area (Å²) < 4.78 is 15.0. The Hall–Kier alpha value is -2.19. The summed E-state index contributed by atoms with van der Waals surface area (Å²) in [7, 11) is 1.64. The maximum Gasteiger partial charge on any atom is 0.262 e. The van der Waals surface area contributed by atoms with Gasteiger partial charge in [-0.15, -0.1) is 11.3 Å². The summed E-state index contributed by atoms with van der Waals surface area (Å²) >= 11 is 2.62. The Labute approximate surface area is 151 Å². The van der Waals surface area contributed by atoms with Crippen LogP contribution in [0.2, 0.25) is 0 Å². The average Bonchev–Trinajstić information content (AvgIpc) is 2.86. The van der Waals surface area contributed by atoms with Gasteiger partial charge in [-0.05, 0) is 31.5 Å². The minimum Gasteiger partial charge on any atom is -0.323 e. The normalized spacial score (nSPS) is 11.0. The van der Waals surface area contributed by atoms with Gasteiger partial charge in [-0.3, -0.25) is 14.2 Å². The van der Waals surface area contributed by atoms with Crippen molar-refractivity contribution in [2.75, 3.05) is 11.1 Å². The molecule has 5 nitrogen and oxygen atoms in total. The van der Waals surface area contributed by atoms with Crippen molar-refractivity contribution in [3.05, 3.63) is 50.9 Å². The van der Waals surface area contributed by atoms with Crippen molar-refractivity contribution >= 4 is 44.9 Å². The van der Waals surface area contributed by atoms with Gasteiger partial charge in [0.05, 0.1) is 16.8 Å². The number of halogens is 1. The van der Waals surface area contributed by atoms with Gasteiger partial charge in [0.25, 0.3) is 5.56 Å². The molecule has 0 aliphatic rings. The molecule has 0 fully saturated rings. The molecule has 0 unspecified atom stereocenters. The zero-order chi connectivity index (χ0) is 18.1. The number of rotatable bonds is 4. The largest absolute Gasteiger partial charge is 0.323 e. The first-order valence-corrected chi connectivity index (χ1v) is 9.32. The molecule has 0 bridgehead atoms. The summed E-state index contributed by atoms with van der Waals surface area (Å²) in [5.41, 5.74) is 0.959. The molecule has 0 saturated carbocycles. The van der Waals surface area contributed by atoms with E-state index in [-0.39, 0.29) is 22.9 Å². The first-order valence-electron chi connectivity index (χ1n) is 7.52. The van der Waals surface area contributed by atoms with Crippen molar-refractivity contribution in [2.24, 2.45) is 7.05 Å². The number of nitrogens with one attached hydrogen (secondary N) is 1. The van der Waals surface area contributed by atoms with Gasteiger partial charge in [-0.2, -0.15) is 0 Å². The molecule has 8 heteroatoms. The van der Waals surface area contributed by atoms with E-state index >= 15 is 0 Å². The lowest BCUT2D eigenvalue weighted by molar-refractivity contribution is -0.113. The van der Waals surface area contributed by atoms with Crippen LogP contribution >= 0.6 is 23.1 Å². The number of benzene rings is 1. The zero-order valence-corrected chi connectivity index (χ0v) is 15.6. The van der Waals surface area contributed by atoms with Crippen LogP contribution in [0.25, 0.3) is 10.2 Å². The highest BCUT2D eigenvalue weighted by molar-refractivity contribution is 7.99. The van der Waals surface area contributed by atoms with Crippen molar-refractivity contribution in [1.29, 1.82) is 0 Å². The Morgan fingerprint density at radius 1 is 1.36 bits per heavy atom. The molecule has 0 spiro atoms. The molecule has 2 aromatic heterocycles. The quantitative estimate of drug-likeness (QED) is 0.558. The van der Waals surface area contributed by atoms with Crippen LogP contribution in [0.15, 0.2) is 34.2 Å². The number of amides is 1. The minimum absolute atomic E-state index is 0.0312. The number of thiophene rings is 1. The van der Waals surface area contributed by atoms with Gasteiger partial charge in [0, 0.05) is 11.9 Å². The molecule has 1 aromatic carbocycles. The zero-order valence-electron chi connectivity index (χ0n) is 13.9. The topological polar surface area (TPSA) is 64.0 Å². The molecule has 130 valence electrons. The molecule has 0 aliphatic heterocycles. The number of fused-ring (bicyclic) bond motifs is 1. The van der Waals surface area contributed by atoms with E-state index in [4.69, 9.17) is 0 Å². The van der Waals surface area contributed by atoms with E-state index in [1.54, 1.807) is 19.2 Å². The summed E-state index contributed by atoms with van der Waals surface area (Å²) in [6.45, 7) is 3.86. The highest BCUT2D eigenvalue weighted by Gasteiger charge is 2.16. The van der Waals surface area contributed by atoms with Crippen LogP contribution in [0, 0.1) is 19.7 Å². The van der Waals surface area contributed by atoms with E-state index in [2.05, 4.69) is 10.3 Å². The number of para-hydroxylation sites is 1. The first-order chi connectivity index (χ1) is 11.9. The number of hydrogen-bond acceptors (Lipinski definition) is 5. The molecule has 2 heterocycles. The lowest BCUT2D eigenvalue weighted by Gasteiger charge is -2.08. The third-order valence-electron chi connectivity index (χ3n) is 3.85. The highest BCUT2D eigenvalue weighted by Crippen LogP contribution is 2.28. The van der Waals surface area contributed by atoms with E-state index in [0.29, 0.717) is 15.4 Å². The van der Waals surface area contributed by atoms with Crippen molar-refractivity contribution in [3.8, 4) is 0 Å². The van der Waals surface area contributed by atoms with E-state index in [1.807, 2.05) is 13.8 Å². The summed E-state index contributed by atoms with van der Waals surface area (Å²) in [6, 6.07) is 5.98. The van der Waals surface area contributed by atoms with Crippen molar-refractivity contribution in [2.45, 2.75) is 19.0 Å². The molecule has 0 saturated heterocycles. The number of aryl methyl sites for hydroxylation is 2. The number of aromatic nitrogens is 2. The van der Waals surface area contributed by atoms with E-state index < -0.39 is 5.82 Å². The van der Waals surface area contributed by atoms with E-state index in [9.17, 15) is 14.0 Å². The lowest BCUT2D eigenvalue weighted by Crippen LogP contribution is -2.21. The monoisotopic (exact) mass is 377 g/mol. The number of nitrogens with zero attached hydrogens (tertiary/aromatic N) is 2. The lowest BCUT2D eigenvalue weighted by atomic mass is 10.2. The third-order valence-corrected chi connectivity index (χ3v) is 5.98. The average molecular weight is 377 g/mol. The van der Waals surface area contributed by atoms with Gasteiger partial charge in [-0.25, -0.2) is 9.37 Å². The van der Waals surface area contributed by atoms with Crippen LogP contribution in [0.1, 0.15) is 10.4 Å². The fraction of sp³-hybridized carbons (Fsp3) is 0.235. The van der Waals surface area contributed by atoms with Gasteiger partial charge >= 0.3 is 0 Å². The van der Waals surface area contributed by atoms with Crippen LogP contribution in [0.5, 0.6) is 0 Å². The Morgan fingerprint density at radius 2 is 2.08 bits per heavy atom. The number of hydrogen-bond donors (Lipinski definition) is 1. The number of thioether (sulfide) groups is 1. The second-order valence-electron chi connectivity index (χ2n) is 5.54. The standard InChI is InChI=1S/C17H16FN3O2S2/c1-9-10(2)25-15-14(9)16(23)21(3)17(20-15)24-8-13(22)19-12-7-5-4-6-11(12)18/h4-7H,8H2,1-3H3,(H,19,22). The molecule has 0 atom stereocenters. The van der Waals surface area contributed by atoms with Gasteiger partial charge in [-0.1, -0.05) is 23.9 Å². The molecule has 1 N–H and O–H groups in total. The van der Waals surface area contributed by atoms with E-state index in [1.165, 1.54) is 28.0 Å². The maximum absolute atomic E-state index is 13.6. The predicted octanol–water partition coefficient (Wildman–Crippen LogP) is 3.48. The Morgan fingerprint density at radius 3 is 2.80 bits per heavy atom. The van der Waals surface area contributed by atoms with Crippen LogP contribution in [-0.2, 0) is 11.8 Å². The molecular formula is C17H16FN3O2S2. The molecular weight excluding hydrogens is 361 g/mol. The molecule has 3 aromatic rings. The summed E-state index contributed by atoms with van der Waals surface area (Å²) in [6.07, 6.45) is 0. The molecule has 3 rings (SSSR count). The Balaban J connectivity index is 1.79. The second-order valence-corrected chi connectivity index (χ2v) is 7.68. The molecule has 1 amide bonds. The number of carbonyl (C=O) groups is 1. The molecule has 25 heavy (non-hydrogen) atoms. The number of anilines is 1. The van der Waals surface area contributed by atoms with Crippen LogP contribution < -0.4 is 10.9 Å². The predicted molar refractivity (Wildman–Crippen MR) is 100 cm³/mol. The highest BCUT2D eigenvalue weighted by atomic mass is 32.2. The number of carbonyl (C=O) groups excluding carboxylic acids is 1. The fourth-order valence-electron chi connectivity index (χ4n) is 2.36. The van der Waals surface area contributed by atoms with Crippen LogP contribution in [0.3, 0.4) is 0 Å². The van der Waals surface area contributed by atoms with Gasteiger partial charge < -0.3 is 5.32 Å². The van der Waals surface area contributed by atoms with Crippen LogP contribution in [0.4, 0.5) is 10.1 Å². The van der Waals surface area contributed by atoms with E-state index in [0.717, 1.165) is 22.2 Å². The molecule has 0 aliphatic carbocycles. The van der Waals surface area contributed by atoms with Crippen molar-refractivity contribution in [3.63, 3.8) is 0 Å². The van der Waals surface area contributed by atoms with Crippen molar-refractivity contribution in [1.82, 2.24) is 9.55 Å². The third kappa shape index (κ3) is 3.45. The summed E-state index contributed by atoms with van der Waals surface area (Å²) in [5, 5.41) is 3.61. The Kier molecular flexibility index (Phi) is 4.91. The summed E-state index contributed by atoms with van der Waals surface area (Å²) in [4.78, 5) is 30.8. The molecule has 0 radical (unpaired) electrons. The van der Waals surface area contributed by atoms with Gasteiger partial charge in [0.15, 0.2) is 5.16 Å². The fourth-order valence-corrected chi connectivity index (χ4v) is 4.21. The Bertz CT molecular complexity index is 1030. The van der Waals surface area contributed by atoms with Gasteiger partial charge in [0.1, 0.15) is 10.6 Å². The van der Waals surface area contributed by atoms with Gasteiger partial charge in [0.2, 0.25) is 5.91 Å². The minimum atomic E-state index is -0.489. The smallest absolute Gasteiger partial charge is 0.262 e. The second kappa shape index (κ2) is 6.97. The van der Waals surface area contributed by atoms with Crippen LogP contribution in [-0.4, -0.2) is 21.2 Å². The maximum atomic E-state index is 13.6. The summed E-state index contributed by atoms with van der Waals surface area (Å²) in [5.74, 6) is -0.816. The van der Waals surface area contributed by atoms with Crippen molar-refractivity contribution < 1.29 is 9.18 Å².